The van der Waals surface area contributed by atoms with Crippen molar-refractivity contribution in [3.05, 3.63) is 24.3 Å². The van der Waals surface area contributed by atoms with E-state index in [1.807, 2.05) is 6.08 Å². The first-order valence-electron chi connectivity index (χ1n) is 28.6. The molecule has 11 heteroatoms. The van der Waals surface area contributed by atoms with Crippen LogP contribution in [0.15, 0.2) is 24.3 Å². The normalized spacial score (nSPS) is 19.5. The van der Waals surface area contributed by atoms with Gasteiger partial charge in [-0.05, 0) is 51.4 Å². The molecular formula is C57H107NO10. The predicted octanol–water partition coefficient (Wildman–Crippen LogP) is 12.6. The summed E-state index contributed by atoms with van der Waals surface area (Å²) in [7, 11) is 0. The van der Waals surface area contributed by atoms with E-state index >= 15 is 0 Å². The lowest BCUT2D eigenvalue weighted by atomic mass is 9.99. The minimum Gasteiger partial charge on any atom is -0.466 e. The molecule has 1 heterocycles. The van der Waals surface area contributed by atoms with Crippen LogP contribution in [-0.4, -0.2) is 100 Å². The number of esters is 1. The summed E-state index contributed by atoms with van der Waals surface area (Å²) < 4.78 is 16.6. The molecule has 0 aromatic carbocycles. The Bertz CT molecular complexity index is 1180. The monoisotopic (exact) mass is 966 g/mol. The Hall–Kier alpha value is -1.86. The van der Waals surface area contributed by atoms with Crippen molar-refractivity contribution in [1.29, 1.82) is 0 Å². The summed E-state index contributed by atoms with van der Waals surface area (Å²) >= 11 is 0. The van der Waals surface area contributed by atoms with Gasteiger partial charge in [0, 0.05) is 12.8 Å². The molecule has 0 aromatic heterocycles. The van der Waals surface area contributed by atoms with E-state index in [1.165, 1.54) is 173 Å². The molecule has 1 saturated heterocycles. The van der Waals surface area contributed by atoms with Gasteiger partial charge >= 0.3 is 5.97 Å². The second-order valence-corrected chi connectivity index (χ2v) is 20.0. The molecule has 6 N–H and O–H groups in total. The van der Waals surface area contributed by atoms with Gasteiger partial charge in [0.05, 0.1) is 32.0 Å². The van der Waals surface area contributed by atoms with Gasteiger partial charge in [0.25, 0.3) is 0 Å². The molecule has 1 aliphatic rings. The first kappa shape index (κ1) is 64.2. The first-order valence-corrected chi connectivity index (χ1v) is 28.6. The minimum absolute atomic E-state index is 0.0147. The Labute approximate surface area is 416 Å². The summed E-state index contributed by atoms with van der Waals surface area (Å²) in [5.74, 6) is -0.200. The minimum atomic E-state index is -1.57. The molecule has 0 radical (unpaired) electrons. The average Bonchev–Trinajstić information content (AvgIpc) is 3.33. The number of carbonyl (C=O) groups excluding carboxylic acids is 2. The fourth-order valence-electron chi connectivity index (χ4n) is 8.94. The van der Waals surface area contributed by atoms with Crippen LogP contribution in [0.5, 0.6) is 0 Å². The van der Waals surface area contributed by atoms with Crippen molar-refractivity contribution < 1.29 is 49.3 Å². The maximum atomic E-state index is 13.0. The molecule has 0 bridgehead atoms. The van der Waals surface area contributed by atoms with Crippen LogP contribution in [-0.2, 0) is 23.8 Å². The Morgan fingerprint density at radius 2 is 0.956 bits per heavy atom. The lowest BCUT2D eigenvalue weighted by Gasteiger charge is -2.40. The van der Waals surface area contributed by atoms with Crippen LogP contribution in [0, 0.1) is 0 Å². The van der Waals surface area contributed by atoms with Gasteiger partial charge in [-0.25, -0.2) is 0 Å². The van der Waals surface area contributed by atoms with Crippen LogP contribution in [0.1, 0.15) is 264 Å². The lowest BCUT2D eigenvalue weighted by Crippen LogP contribution is -2.60. The van der Waals surface area contributed by atoms with Gasteiger partial charge in [-0.15, -0.1) is 0 Å². The number of allylic oxidation sites excluding steroid dienone is 3. The van der Waals surface area contributed by atoms with Crippen molar-refractivity contribution in [2.75, 3.05) is 19.8 Å². The molecule has 7 atom stereocenters. The standard InChI is InChI=1S/C57H107NO10/c1-3-5-7-9-11-13-24-29-33-37-41-45-53(62)66-46-42-38-34-30-26-23-21-19-17-15-14-16-18-20-22-25-28-32-36-40-44-52(61)58-49(50(60)43-39-35-31-27-12-10-8-6-4-2)48-67-57-56(65)55(64)54(63)51(47-59)68-57/h9,11,39,43,49-51,54-57,59-60,63-65H,3-8,10,12-38,40-42,44-48H2,1-2H3,(H,58,61)/b11-9-,43-39+. The van der Waals surface area contributed by atoms with Gasteiger partial charge in [-0.3, -0.25) is 9.59 Å². The second-order valence-electron chi connectivity index (χ2n) is 20.0. The predicted molar refractivity (Wildman–Crippen MR) is 278 cm³/mol. The topological polar surface area (TPSA) is 175 Å². The summed E-state index contributed by atoms with van der Waals surface area (Å²) in [5, 5.41) is 54.2. The number of aliphatic hydroxyl groups is 5. The zero-order chi connectivity index (χ0) is 49.6. The molecular weight excluding hydrogens is 859 g/mol. The highest BCUT2D eigenvalue weighted by Crippen LogP contribution is 2.23. The summed E-state index contributed by atoms with van der Waals surface area (Å²) in [6.45, 7) is 4.27. The van der Waals surface area contributed by atoms with Gasteiger partial charge in [0.2, 0.25) is 5.91 Å². The lowest BCUT2D eigenvalue weighted by molar-refractivity contribution is -0.302. The van der Waals surface area contributed by atoms with Gasteiger partial charge in [0.1, 0.15) is 24.4 Å². The number of rotatable bonds is 49. The highest BCUT2D eigenvalue weighted by molar-refractivity contribution is 5.76. The summed E-state index contributed by atoms with van der Waals surface area (Å²) in [6, 6.07) is -0.809. The van der Waals surface area contributed by atoms with Crippen LogP contribution in [0.2, 0.25) is 0 Å². The molecule has 1 fully saturated rings. The van der Waals surface area contributed by atoms with Gasteiger partial charge < -0.3 is 45.1 Å². The van der Waals surface area contributed by atoms with Crippen molar-refractivity contribution in [2.24, 2.45) is 0 Å². The van der Waals surface area contributed by atoms with Crippen LogP contribution in [0.25, 0.3) is 0 Å². The maximum Gasteiger partial charge on any atom is 0.305 e. The van der Waals surface area contributed by atoms with Gasteiger partial charge in [0.15, 0.2) is 6.29 Å². The van der Waals surface area contributed by atoms with Crippen molar-refractivity contribution in [1.82, 2.24) is 5.32 Å². The molecule has 0 aliphatic carbocycles. The molecule has 1 aliphatic heterocycles. The molecule has 0 saturated carbocycles. The fourth-order valence-corrected chi connectivity index (χ4v) is 8.94. The Morgan fingerprint density at radius 1 is 0.529 bits per heavy atom. The number of nitrogens with one attached hydrogen (secondary N) is 1. The number of ether oxygens (including phenoxy) is 3. The van der Waals surface area contributed by atoms with E-state index in [0.29, 0.717) is 19.4 Å². The number of carbonyl (C=O) groups is 2. The number of hydrogen-bond acceptors (Lipinski definition) is 10. The zero-order valence-corrected chi connectivity index (χ0v) is 43.8. The van der Waals surface area contributed by atoms with E-state index in [4.69, 9.17) is 14.2 Å². The van der Waals surface area contributed by atoms with Gasteiger partial charge in [-0.1, -0.05) is 224 Å². The smallest absolute Gasteiger partial charge is 0.305 e. The molecule has 0 spiro atoms. The second kappa shape index (κ2) is 47.5. The van der Waals surface area contributed by atoms with Gasteiger partial charge in [-0.2, -0.15) is 0 Å². The largest absolute Gasteiger partial charge is 0.466 e. The fraction of sp³-hybridized carbons (Fsp3) is 0.895. The van der Waals surface area contributed by atoms with Crippen molar-refractivity contribution in [3.8, 4) is 0 Å². The number of hydrogen-bond donors (Lipinski definition) is 6. The number of amides is 1. The number of aliphatic hydroxyl groups excluding tert-OH is 5. The zero-order valence-electron chi connectivity index (χ0n) is 43.8. The summed E-state index contributed by atoms with van der Waals surface area (Å²) in [6.07, 6.45) is 45.6. The Kier molecular flexibility index (Phi) is 44.8. The van der Waals surface area contributed by atoms with E-state index in [1.54, 1.807) is 6.08 Å². The third kappa shape index (κ3) is 37.0. The number of unbranched alkanes of at least 4 members (excludes halogenated alkanes) is 33. The molecule has 7 unspecified atom stereocenters. The third-order valence-corrected chi connectivity index (χ3v) is 13.6. The average molecular weight is 966 g/mol. The molecule has 11 nitrogen and oxygen atoms in total. The van der Waals surface area contributed by atoms with Crippen LogP contribution < -0.4 is 5.32 Å². The Morgan fingerprint density at radius 3 is 1.46 bits per heavy atom. The Balaban J connectivity index is 2.03. The molecule has 0 aromatic rings. The van der Waals surface area contributed by atoms with E-state index < -0.39 is 49.5 Å². The first-order chi connectivity index (χ1) is 33.2. The molecule has 1 rings (SSSR count). The van der Waals surface area contributed by atoms with E-state index in [-0.39, 0.29) is 18.5 Å². The van der Waals surface area contributed by atoms with Crippen LogP contribution in [0.3, 0.4) is 0 Å². The molecule has 68 heavy (non-hydrogen) atoms. The van der Waals surface area contributed by atoms with E-state index in [0.717, 1.165) is 64.2 Å². The van der Waals surface area contributed by atoms with Crippen LogP contribution >= 0.6 is 0 Å². The van der Waals surface area contributed by atoms with Crippen LogP contribution in [0.4, 0.5) is 0 Å². The maximum absolute atomic E-state index is 13.0. The summed E-state index contributed by atoms with van der Waals surface area (Å²) in [5.41, 5.74) is 0. The van der Waals surface area contributed by atoms with Crippen molar-refractivity contribution >= 4 is 11.9 Å². The third-order valence-electron chi connectivity index (χ3n) is 13.6. The van der Waals surface area contributed by atoms with E-state index in [9.17, 15) is 35.1 Å². The summed E-state index contributed by atoms with van der Waals surface area (Å²) in [4.78, 5) is 25.0. The molecule has 1 amide bonds. The van der Waals surface area contributed by atoms with Crippen molar-refractivity contribution in [3.63, 3.8) is 0 Å². The highest BCUT2D eigenvalue weighted by atomic mass is 16.7. The van der Waals surface area contributed by atoms with E-state index in [2.05, 4.69) is 31.3 Å². The quantitative estimate of drug-likeness (QED) is 0.0196. The SMILES string of the molecule is CCCC/C=C\CCCCCCCC(=O)OCCCCCCCCCCCCCCCCCCCCCCC(=O)NC(COC1OC(CO)C(O)C(O)C1O)C(O)/C=C/CCCCCCCCC. The highest BCUT2D eigenvalue weighted by Gasteiger charge is 2.44. The molecule has 400 valence electrons. The van der Waals surface area contributed by atoms with Crippen molar-refractivity contribution in [2.45, 2.75) is 307 Å².